The summed E-state index contributed by atoms with van der Waals surface area (Å²) in [5, 5.41) is 9.82. The molecule has 1 aliphatic carbocycles. The summed E-state index contributed by atoms with van der Waals surface area (Å²) >= 11 is 0. The van der Waals surface area contributed by atoms with Gasteiger partial charge >= 0.3 is 12.1 Å². The van der Waals surface area contributed by atoms with Crippen molar-refractivity contribution in [2.45, 2.75) is 11.8 Å². The summed E-state index contributed by atoms with van der Waals surface area (Å²) in [5.74, 6) is -1.85. The van der Waals surface area contributed by atoms with Crippen LogP contribution in [0.5, 0.6) is 0 Å². The van der Waals surface area contributed by atoms with Crippen molar-refractivity contribution in [3.05, 3.63) is 89.5 Å². The predicted molar refractivity (Wildman–Crippen MR) is 131 cm³/mol. The van der Waals surface area contributed by atoms with E-state index in [4.69, 9.17) is 4.74 Å². The van der Waals surface area contributed by atoms with E-state index in [-0.39, 0.29) is 25.0 Å². The van der Waals surface area contributed by atoms with E-state index in [9.17, 15) is 14.7 Å². The van der Waals surface area contributed by atoms with Crippen LogP contribution in [0.3, 0.4) is 0 Å². The van der Waals surface area contributed by atoms with Crippen LogP contribution in [0.15, 0.2) is 72.8 Å². The molecular weight excluding hydrogens is 428 g/mol. The molecule has 2 atom stereocenters. The maximum Gasteiger partial charge on any atom is 0.409 e. The van der Waals surface area contributed by atoms with Gasteiger partial charge < -0.3 is 19.6 Å². The Morgan fingerprint density at radius 1 is 0.912 bits per heavy atom. The lowest BCUT2D eigenvalue weighted by atomic mass is 9.89. The molecule has 1 amide bonds. The normalized spacial score (nSPS) is 18.9. The Labute approximate surface area is 199 Å². The van der Waals surface area contributed by atoms with E-state index in [1.807, 2.05) is 67.5 Å². The molecule has 0 bridgehead atoms. The number of ether oxygens (including phenoxy) is 1. The highest BCUT2D eigenvalue weighted by Gasteiger charge is 2.41. The number of likely N-dealkylation sites (tertiary alicyclic amines) is 1. The summed E-state index contributed by atoms with van der Waals surface area (Å²) in [4.78, 5) is 28.5. The Morgan fingerprint density at radius 2 is 1.50 bits per heavy atom. The van der Waals surface area contributed by atoms with Crippen molar-refractivity contribution >= 4 is 17.7 Å². The third-order valence-corrected chi connectivity index (χ3v) is 7.07. The molecule has 3 aromatic rings. The SMILES string of the molecule is CN(C)c1ccc([C@@H]2CN(C(=O)OCC3c4ccccc4-c4ccccc43)C[C@H]2C(=O)O)cc1. The minimum atomic E-state index is -0.893. The van der Waals surface area contributed by atoms with E-state index < -0.39 is 18.0 Å². The van der Waals surface area contributed by atoms with Gasteiger partial charge in [0, 0.05) is 44.7 Å². The first-order valence-electron chi connectivity index (χ1n) is 11.5. The molecule has 0 aromatic heterocycles. The zero-order chi connectivity index (χ0) is 23.8. The third-order valence-electron chi connectivity index (χ3n) is 7.07. The van der Waals surface area contributed by atoms with Crippen molar-refractivity contribution in [1.82, 2.24) is 4.90 Å². The van der Waals surface area contributed by atoms with Crippen molar-refractivity contribution < 1.29 is 19.4 Å². The molecule has 0 radical (unpaired) electrons. The van der Waals surface area contributed by atoms with E-state index in [1.165, 1.54) is 16.0 Å². The lowest BCUT2D eigenvalue weighted by Gasteiger charge is -2.19. The smallest absolute Gasteiger partial charge is 0.409 e. The van der Waals surface area contributed by atoms with E-state index in [0.717, 1.165) is 22.4 Å². The van der Waals surface area contributed by atoms with Crippen LogP contribution in [-0.4, -0.2) is 55.9 Å². The van der Waals surface area contributed by atoms with Crippen molar-refractivity contribution in [2.75, 3.05) is 38.7 Å². The molecule has 5 rings (SSSR count). The first-order chi connectivity index (χ1) is 16.4. The van der Waals surface area contributed by atoms with Gasteiger partial charge in [-0.1, -0.05) is 60.7 Å². The van der Waals surface area contributed by atoms with Crippen molar-refractivity contribution in [1.29, 1.82) is 0 Å². The molecule has 2 aliphatic rings. The number of nitrogens with zero attached hydrogens (tertiary/aromatic N) is 2. The monoisotopic (exact) mass is 456 g/mol. The van der Waals surface area contributed by atoms with Gasteiger partial charge in [-0.2, -0.15) is 0 Å². The van der Waals surface area contributed by atoms with Crippen molar-refractivity contribution in [3.8, 4) is 11.1 Å². The highest BCUT2D eigenvalue weighted by Crippen LogP contribution is 2.44. The highest BCUT2D eigenvalue weighted by atomic mass is 16.6. The van der Waals surface area contributed by atoms with E-state index in [1.54, 1.807) is 0 Å². The number of hydrogen-bond acceptors (Lipinski definition) is 4. The molecule has 34 heavy (non-hydrogen) atoms. The molecular formula is C28H28N2O4. The first-order valence-corrected chi connectivity index (χ1v) is 11.5. The molecule has 6 nitrogen and oxygen atoms in total. The van der Waals surface area contributed by atoms with Crippen LogP contribution in [0.4, 0.5) is 10.5 Å². The molecule has 0 saturated carbocycles. The maximum atomic E-state index is 13.0. The second kappa shape index (κ2) is 8.86. The lowest BCUT2D eigenvalue weighted by Crippen LogP contribution is -2.31. The molecule has 6 heteroatoms. The lowest BCUT2D eigenvalue weighted by molar-refractivity contribution is -0.141. The predicted octanol–water partition coefficient (Wildman–Crippen LogP) is 4.80. The van der Waals surface area contributed by atoms with Crippen LogP contribution in [0.1, 0.15) is 28.5 Å². The minimum absolute atomic E-state index is 0.0244. The Kier molecular flexibility index (Phi) is 5.74. The van der Waals surface area contributed by atoms with Gasteiger partial charge in [0.25, 0.3) is 0 Å². The topological polar surface area (TPSA) is 70.1 Å². The number of rotatable bonds is 5. The zero-order valence-corrected chi connectivity index (χ0v) is 19.3. The molecule has 1 aliphatic heterocycles. The van der Waals surface area contributed by atoms with Gasteiger partial charge in [-0.15, -0.1) is 0 Å². The molecule has 1 N–H and O–H groups in total. The van der Waals surface area contributed by atoms with Crippen LogP contribution < -0.4 is 4.90 Å². The summed E-state index contributed by atoms with van der Waals surface area (Å²) in [6, 6.07) is 24.3. The zero-order valence-electron chi connectivity index (χ0n) is 19.3. The molecule has 0 spiro atoms. The van der Waals surface area contributed by atoms with Crippen LogP contribution in [-0.2, 0) is 9.53 Å². The summed E-state index contributed by atoms with van der Waals surface area (Å²) in [5.41, 5.74) is 6.62. The summed E-state index contributed by atoms with van der Waals surface area (Å²) < 4.78 is 5.77. The standard InChI is InChI=1S/C28H28N2O4/c1-29(2)19-13-11-18(12-14-19)24-15-30(16-25(24)27(31)32)28(33)34-17-26-22-9-5-3-7-20(22)21-8-4-6-10-23(21)26/h3-14,24-26H,15-17H2,1-2H3,(H,31,32)/t24-,25+/m0/s1. The van der Waals surface area contributed by atoms with Crippen LogP contribution >= 0.6 is 0 Å². The number of fused-ring (bicyclic) bond motifs is 3. The highest BCUT2D eigenvalue weighted by molar-refractivity contribution is 5.79. The van der Waals surface area contributed by atoms with Gasteiger partial charge in [0.05, 0.1) is 5.92 Å². The largest absolute Gasteiger partial charge is 0.481 e. The first kappa shape index (κ1) is 22.0. The molecule has 174 valence electrons. The molecule has 0 unspecified atom stereocenters. The Bertz CT molecular complexity index is 1180. The van der Waals surface area contributed by atoms with Crippen LogP contribution in [0, 0.1) is 5.92 Å². The number of anilines is 1. The fourth-order valence-electron chi connectivity index (χ4n) is 5.25. The maximum absolute atomic E-state index is 13.0. The number of hydrogen-bond donors (Lipinski definition) is 1. The van der Waals surface area contributed by atoms with E-state index >= 15 is 0 Å². The van der Waals surface area contributed by atoms with Gasteiger partial charge in [-0.25, -0.2) is 4.79 Å². The van der Waals surface area contributed by atoms with Crippen molar-refractivity contribution in [2.24, 2.45) is 5.92 Å². The number of amides is 1. The summed E-state index contributed by atoms with van der Waals surface area (Å²) in [6.45, 7) is 0.699. The average molecular weight is 457 g/mol. The number of carboxylic acid groups (broad SMARTS) is 1. The third kappa shape index (κ3) is 3.89. The second-order valence-corrected chi connectivity index (χ2v) is 9.25. The van der Waals surface area contributed by atoms with Gasteiger partial charge in [-0.3, -0.25) is 4.79 Å². The van der Waals surface area contributed by atoms with E-state index in [2.05, 4.69) is 24.3 Å². The fourth-order valence-corrected chi connectivity index (χ4v) is 5.25. The quantitative estimate of drug-likeness (QED) is 0.597. The number of benzene rings is 3. The molecule has 1 fully saturated rings. The Balaban J connectivity index is 1.30. The van der Waals surface area contributed by atoms with Gasteiger partial charge in [0.1, 0.15) is 6.61 Å². The summed E-state index contributed by atoms with van der Waals surface area (Å²) in [6.07, 6.45) is -0.458. The number of aliphatic carboxylic acids is 1. The average Bonchev–Trinajstić information content (AvgIpc) is 3.43. The van der Waals surface area contributed by atoms with Gasteiger partial charge in [0.15, 0.2) is 0 Å². The van der Waals surface area contributed by atoms with Gasteiger partial charge in [0.2, 0.25) is 0 Å². The number of carbonyl (C=O) groups is 2. The van der Waals surface area contributed by atoms with Gasteiger partial charge in [-0.05, 0) is 39.9 Å². The van der Waals surface area contributed by atoms with Crippen molar-refractivity contribution in [3.63, 3.8) is 0 Å². The summed E-state index contributed by atoms with van der Waals surface area (Å²) in [7, 11) is 3.92. The Morgan fingerprint density at radius 3 is 2.06 bits per heavy atom. The molecule has 1 heterocycles. The Hall–Kier alpha value is -3.80. The van der Waals surface area contributed by atoms with E-state index in [0.29, 0.717) is 6.54 Å². The second-order valence-electron chi connectivity index (χ2n) is 9.25. The number of carboxylic acids is 1. The number of carbonyl (C=O) groups excluding carboxylic acids is 1. The minimum Gasteiger partial charge on any atom is -0.481 e. The molecule has 3 aromatic carbocycles. The molecule has 1 saturated heterocycles. The van der Waals surface area contributed by atoms with Crippen LogP contribution in [0.25, 0.3) is 11.1 Å². The van der Waals surface area contributed by atoms with Crippen LogP contribution in [0.2, 0.25) is 0 Å². The fraction of sp³-hybridized carbons (Fsp3) is 0.286.